The van der Waals surface area contributed by atoms with E-state index < -0.39 is 8.80 Å². The normalized spacial score (nSPS) is 18.2. The van der Waals surface area contributed by atoms with Crippen LogP contribution in [0.5, 0.6) is 0 Å². The molecule has 0 rings (SSSR count). The van der Waals surface area contributed by atoms with Crippen LogP contribution in [-0.4, -0.2) is 42.2 Å². The van der Waals surface area contributed by atoms with Gasteiger partial charge in [0.25, 0.3) is 0 Å². The highest BCUT2D eigenvalue weighted by Crippen LogP contribution is 2.20. The summed E-state index contributed by atoms with van der Waals surface area (Å²) in [5, 5.41) is 0. The number of hydrogen-bond donors (Lipinski definition) is 2. The van der Waals surface area contributed by atoms with Crippen molar-refractivity contribution in [2.75, 3.05) is 21.3 Å². The van der Waals surface area contributed by atoms with Crippen molar-refractivity contribution in [3.05, 3.63) is 0 Å². The van der Waals surface area contributed by atoms with Gasteiger partial charge in [-0.25, -0.2) is 0 Å². The van der Waals surface area contributed by atoms with Crippen LogP contribution in [0.25, 0.3) is 0 Å². The van der Waals surface area contributed by atoms with Crippen molar-refractivity contribution >= 4 is 8.80 Å². The third kappa shape index (κ3) is 4.90. The predicted molar refractivity (Wildman–Crippen MR) is 67.0 cm³/mol. The Morgan fingerprint density at radius 2 is 1.44 bits per heavy atom. The van der Waals surface area contributed by atoms with E-state index in [0.717, 1.165) is 6.42 Å². The van der Waals surface area contributed by atoms with E-state index in [1.807, 2.05) is 6.92 Å². The zero-order valence-electron chi connectivity index (χ0n) is 11.0. The molecular weight excluding hydrogens is 224 g/mol. The first-order valence-electron chi connectivity index (χ1n) is 5.57. The van der Waals surface area contributed by atoms with Crippen molar-refractivity contribution in [1.29, 1.82) is 0 Å². The van der Waals surface area contributed by atoms with Crippen LogP contribution in [0, 0.1) is 5.92 Å². The van der Waals surface area contributed by atoms with Gasteiger partial charge in [-0.15, -0.1) is 0 Å². The van der Waals surface area contributed by atoms with Gasteiger partial charge in [0, 0.05) is 39.5 Å². The first kappa shape index (κ1) is 16.0. The molecule has 3 atom stereocenters. The van der Waals surface area contributed by atoms with Crippen molar-refractivity contribution < 1.29 is 13.3 Å². The minimum absolute atomic E-state index is 0.0162. The zero-order valence-corrected chi connectivity index (χ0v) is 12.0. The third-order valence-electron chi connectivity index (χ3n) is 2.89. The van der Waals surface area contributed by atoms with Gasteiger partial charge in [-0.05, 0) is 19.3 Å². The summed E-state index contributed by atoms with van der Waals surface area (Å²) in [6.45, 7) is 4.07. The standard InChI is InChI=1S/C10H26N2O3Si/c1-8(6-9(2)11)10(12)7-16(13-3,14-4)15-5/h8-10H,6-7,11-12H2,1-5H3. The average Bonchev–Trinajstić information content (AvgIpc) is 2.25. The first-order chi connectivity index (χ1) is 7.40. The first-order valence-corrected chi connectivity index (χ1v) is 7.50. The maximum atomic E-state index is 6.12. The van der Waals surface area contributed by atoms with Gasteiger partial charge in [-0.3, -0.25) is 0 Å². The summed E-state index contributed by atoms with van der Waals surface area (Å²) in [4.78, 5) is 0. The summed E-state index contributed by atoms with van der Waals surface area (Å²) >= 11 is 0. The highest BCUT2D eigenvalue weighted by atomic mass is 28.4. The largest absolute Gasteiger partial charge is 0.501 e. The fourth-order valence-corrected chi connectivity index (χ4v) is 3.73. The minimum Gasteiger partial charge on any atom is -0.377 e. The number of rotatable bonds is 8. The molecule has 4 N–H and O–H groups in total. The van der Waals surface area contributed by atoms with E-state index >= 15 is 0 Å². The van der Waals surface area contributed by atoms with Crippen molar-refractivity contribution in [2.45, 2.75) is 38.4 Å². The van der Waals surface area contributed by atoms with E-state index in [9.17, 15) is 0 Å². The Kier molecular flexibility index (Phi) is 7.37. The fourth-order valence-electron chi connectivity index (χ4n) is 1.75. The number of hydrogen-bond acceptors (Lipinski definition) is 5. The molecule has 0 aromatic carbocycles. The molecular formula is C10H26N2O3Si. The van der Waals surface area contributed by atoms with E-state index in [-0.39, 0.29) is 12.1 Å². The molecule has 0 heterocycles. The maximum Gasteiger partial charge on any atom is 0.501 e. The molecule has 0 aliphatic carbocycles. The highest BCUT2D eigenvalue weighted by Gasteiger charge is 2.40. The molecule has 0 aromatic heterocycles. The van der Waals surface area contributed by atoms with Gasteiger partial charge in [0.2, 0.25) is 0 Å². The SMILES string of the molecule is CO[Si](CC(N)C(C)CC(C)N)(OC)OC. The van der Waals surface area contributed by atoms with Gasteiger partial charge >= 0.3 is 8.80 Å². The van der Waals surface area contributed by atoms with Crippen molar-refractivity contribution in [2.24, 2.45) is 17.4 Å². The Balaban J connectivity index is 4.33. The monoisotopic (exact) mass is 250 g/mol. The molecule has 0 aromatic rings. The summed E-state index contributed by atoms with van der Waals surface area (Å²) in [6, 6.07) is 0.756. The average molecular weight is 250 g/mol. The second-order valence-corrected chi connectivity index (χ2v) is 7.35. The zero-order chi connectivity index (χ0) is 12.8. The molecule has 0 radical (unpaired) electrons. The van der Waals surface area contributed by atoms with E-state index in [1.165, 1.54) is 0 Å². The Morgan fingerprint density at radius 1 is 1.00 bits per heavy atom. The minimum atomic E-state index is -2.56. The molecule has 0 fully saturated rings. The Morgan fingerprint density at radius 3 is 1.75 bits per heavy atom. The molecule has 16 heavy (non-hydrogen) atoms. The van der Waals surface area contributed by atoms with E-state index in [2.05, 4.69) is 6.92 Å². The molecule has 0 spiro atoms. The lowest BCUT2D eigenvalue weighted by Gasteiger charge is -2.30. The van der Waals surface area contributed by atoms with Gasteiger partial charge in [-0.2, -0.15) is 0 Å². The topological polar surface area (TPSA) is 79.7 Å². The lowest BCUT2D eigenvalue weighted by molar-refractivity contribution is 0.119. The Labute approximate surface area is 99.8 Å². The Bertz CT molecular complexity index is 181. The van der Waals surface area contributed by atoms with Crippen LogP contribution < -0.4 is 11.5 Å². The van der Waals surface area contributed by atoms with E-state index in [4.69, 9.17) is 24.7 Å². The van der Waals surface area contributed by atoms with Gasteiger partial charge in [-0.1, -0.05) is 6.92 Å². The lowest BCUT2D eigenvalue weighted by atomic mass is 9.97. The molecule has 0 saturated carbocycles. The Hall–Kier alpha value is 0.0169. The maximum absolute atomic E-state index is 6.12. The molecule has 5 nitrogen and oxygen atoms in total. The van der Waals surface area contributed by atoms with Crippen LogP contribution in [-0.2, 0) is 13.3 Å². The van der Waals surface area contributed by atoms with Gasteiger partial charge < -0.3 is 24.7 Å². The lowest BCUT2D eigenvalue weighted by Crippen LogP contribution is -2.49. The highest BCUT2D eigenvalue weighted by molar-refractivity contribution is 6.60. The van der Waals surface area contributed by atoms with Crippen molar-refractivity contribution in [3.8, 4) is 0 Å². The molecule has 6 heteroatoms. The van der Waals surface area contributed by atoms with Crippen LogP contribution >= 0.6 is 0 Å². The molecule has 0 aliphatic rings. The van der Waals surface area contributed by atoms with Gasteiger partial charge in [0.1, 0.15) is 0 Å². The molecule has 0 bridgehead atoms. The van der Waals surface area contributed by atoms with Crippen LogP contribution in [0.15, 0.2) is 0 Å². The quantitative estimate of drug-likeness (QED) is 0.616. The van der Waals surface area contributed by atoms with Crippen molar-refractivity contribution in [1.82, 2.24) is 0 Å². The summed E-state index contributed by atoms with van der Waals surface area (Å²) in [6.07, 6.45) is 0.892. The van der Waals surface area contributed by atoms with Gasteiger partial charge in [0.15, 0.2) is 0 Å². The predicted octanol–water partition coefficient (Wildman–Crippen LogP) is 0.565. The van der Waals surface area contributed by atoms with Crippen molar-refractivity contribution in [3.63, 3.8) is 0 Å². The van der Waals surface area contributed by atoms with Crippen LogP contribution in [0.3, 0.4) is 0 Å². The van der Waals surface area contributed by atoms with E-state index in [1.54, 1.807) is 21.3 Å². The fraction of sp³-hybridized carbons (Fsp3) is 1.00. The van der Waals surface area contributed by atoms with Crippen LogP contribution in [0.2, 0.25) is 6.04 Å². The number of nitrogens with two attached hydrogens (primary N) is 2. The van der Waals surface area contributed by atoms with Crippen LogP contribution in [0.1, 0.15) is 20.3 Å². The summed E-state index contributed by atoms with van der Waals surface area (Å²) < 4.78 is 16.0. The molecule has 0 amide bonds. The van der Waals surface area contributed by atoms with Crippen LogP contribution in [0.4, 0.5) is 0 Å². The molecule has 3 unspecified atom stereocenters. The second-order valence-electron chi connectivity index (χ2n) is 4.35. The van der Waals surface area contributed by atoms with Gasteiger partial charge in [0.05, 0.1) is 0 Å². The van der Waals surface area contributed by atoms with E-state index in [0.29, 0.717) is 12.0 Å². The smallest absolute Gasteiger partial charge is 0.377 e. The summed E-state index contributed by atoms with van der Waals surface area (Å²) in [5.41, 5.74) is 11.9. The summed E-state index contributed by atoms with van der Waals surface area (Å²) in [5.74, 6) is 0.326. The molecule has 98 valence electrons. The second kappa shape index (κ2) is 7.36. The molecule has 0 aliphatic heterocycles. The third-order valence-corrected chi connectivity index (χ3v) is 5.73. The molecule has 0 saturated heterocycles. The summed E-state index contributed by atoms with van der Waals surface area (Å²) in [7, 11) is 2.24.